The predicted octanol–water partition coefficient (Wildman–Crippen LogP) is 1.42. The van der Waals surface area contributed by atoms with Gasteiger partial charge in [0, 0.05) is 23.7 Å². The van der Waals surface area contributed by atoms with E-state index in [0.29, 0.717) is 17.1 Å². The van der Waals surface area contributed by atoms with Crippen molar-refractivity contribution in [3.63, 3.8) is 0 Å². The number of rotatable bonds is 2. The maximum Gasteiger partial charge on any atom is 0.156 e. The van der Waals surface area contributed by atoms with Crippen LogP contribution in [0.4, 0.5) is 5.82 Å². The lowest BCUT2D eigenvalue weighted by molar-refractivity contribution is 0.450. The molecule has 1 heterocycles. The summed E-state index contributed by atoms with van der Waals surface area (Å²) < 4.78 is 0. The average molecular weight is 224 g/mol. The molecule has 4 N–H and O–H groups in total. The first-order chi connectivity index (χ1) is 7.25. The van der Waals surface area contributed by atoms with Crippen molar-refractivity contribution in [2.24, 2.45) is 5.73 Å². The zero-order valence-electron chi connectivity index (χ0n) is 8.60. The summed E-state index contributed by atoms with van der Waals surface area (Å²) in [5.74, 6) is 0.539. The first-order valence-corrected chi connectivity index (χ1v) is 6.12. The number of thioether (sulfide) groups is 1. The molecule has 0 amide bonds. The van der Waals surface area contributed by atoms with Crippen LogP contribution in [0.25, 0.3) is 0 Å². The molecular formula is C10H16N4S. The van der Waals surface area contributed by atoms with Crippen LogP contribution in [0.1, 0.15) is 25.7 Å². The summed E-state index contributed by atoms with van der Waals surface area (Å²) >= 11 is 1.74. The van der Waals surface area contributed by atoms with Crippen LogP contribution >= 0.6 is 11.8 Å². The largest absolute Gasteiger partial charge is 0.381 e. The Morgan fingerprint density at radius 3 is 2.47 bits per heavy atom. The van der Waals surface area contributed by atoms with Gasteiger partial charge in [-0.1, -0.05) is 11.8 Å². The second-order valence-corrected chi connectivity index (χ2v) is 5.19. The monoisotopic (exact) mass is 224 g/mol. The van der Waals surface area contributed by atoms with Crippen LogP contribution in [-0.2, 0) is 0 Å². The number of nitrogens with zero attached hydrogens (tertiary/aromatic N) is 2. The van der Waals surface area contributed by atoms with Gasteiger partial charge in [-0.25, -0.2) is 9.97 Å². The first-order valence-electron chi connectivity index (χ1n) is 5.24. The van der Waals surface area contributed by atoms with Crippen LogP contribution in [0, 0.1) is 0 Å². The summed E-state index contributed by atoms with van der Waals surface area (Å²) in [4.78, 5) is 8.26. The van der Waals surface area contributed by atoms with E-state index >= 15 is 0 Å². The number of aromatic nitrogens is 2. The van der Waals surface area contributed by atoms with Gasteiger partial charge in [-0.3, -0.25) is 0 Å². The summed E-state index contributed by atoms with van der Waals surface area (Å²) in [6.07, 6.45) is 7.84. The highest BCUT2D eigenvalue weighted by molar-refractivity contribution is 8.00. The van der Waals surface area contributed by atoms with Crippen LogP contribution < -0.4 is 11.5 Å². The molecule has 0 radical (unpaired) electrons. The molecule has 0 aliphatic heterocycles. The van der Waals surface area contributed by atoms with Crippen molar-refractivity contribution in [2.75, 3.05) is 5.73 Å². The molecule has 1 aliphatic carbocycles. The molecule has 1 aromatic rings. The molecule has 0 spiro atoms. The molecule has 0 atom stereocenters. The van der Waals surface area contributed by atoms with Crippen molar-refractivity contribution in [1.29, 1.82) is 0 Å². The molecule has 4 nitrogen and oxygen atoms in total. The Balaban J connectivity index is 1.95. The van der Waals surface area contributed by atoms with Gasteiger partial charge in [-0.05, 0) is 25.7 Å². The Morgan fingerprint density at radius 2 is 1.80 bits per heavy atom. The minimum absolute atomic E-state index is 0.390. The molecule has 0 bridgehead atoms. The van der Waals surface area contributed by atoms with E-state index in [1.54, 1.807) is 24.2 Å². The van der Waals surface area contributed by atoms with E-state index in [9.17, 15) is 0 Å². The van der Waals surface area contributed by atoms with Crippen molar-refractivity contribution >= 4 is 17.6 Å². The van der Waals surface area contributed by atoms with E-state index in [1.807, 2.05) is 0 Å². The molecule has 0 unspecified atom stereocenters. The van der Waals surface area contributed by atoms with Gasteiger partial charge in [0.25, 0.3) is 0 Å². The van der Waals surface area contributed by atoms with Crippen molar-refractivity contribution in [3.8, 4) is 0 Å². The molecule has 82 valence electrons. The third kappa shape index (κ3) is 2.82. The highest BCUT2D eigenvalue weighted by Gasteiger charge is 2.20. The molecular weight excluding hydrogens is 208 g/mol. The number of hydrogen-bond donors (Lipinski definition) is 2. The molecule has 1 aromatic heterocycles. The summed E-state index contributed by atoms with van der Waals surface area (Å²) in [5.41, 5.74) is 11.6. The fourth-order valence-electron chi connectivity index (χ4n) is 1.79. The van der Waals surface area contributed by atoms with Crippen molar-refractivity contribution < 1.29 is 0 Å². The molecule has 15 heavy (non-hydrogen) atoms. The quantitative estimate of drug-likeness (QED) is 0.794. The first kappa shape index (κ1) is 10.7. The van der Waals surface area contributed by atoms with Crippen molar-refractivity contribution in [1.82, 2.24) is 9.97 Å². The summed E-state index contributed by atoms with van der Waals surface area (Å²) in [5, 5.41) is 1.46. The zero-order chi connectivity index (χ0) is 10.7. The second kappa shape index (κ2) is 4.81. The summed E-state index contributed by atoms with van der Waals surface area (Å²) in [6, 6.07) is 0.390. The molecule has 0 aromatic carbocycles. The highest BCUT2D eigenvalue weighted by atomic mass is 32.2. The van der Waals surface area contributed by atoms with Gasteiger partial charge in [0.2, 0.25) is 0 Å². The highest BCUT2D eigenvalue weighted by Crippen LogP contribution is 2.33. The van der Waals surface area contributed by atoms with E-state index < -0.39 is 0 Å². The second-order valence-electron chi connectivity index (χ2n) is 3.90. The van der Waals surface area contributed by atoms with Gasteiger partial charge >= 0.3 is 0 Å². The fourth-order valence-corrected chi connectivity index (χ4v) is 2.91. The number of nitrogen functional groups attached to an aromatic ring is 1. The number of nitrogens with two attached hydrogens (primary N) is 2. The van der Waals surface area contributed by atoms with Crippen molar-refractivity contribution in [2.45, 2.75) is 42.0 Å². The molecule has 2 rings (SSSR count). The molecule has 5 heteroatoms. The van der Waals surface area contributed by atoms with E-state index in [-0.39, 0.29) is 0 Å². The third-order valence-corrected chi connectivity index (χ3v) is 4.03. The maximum absolute atomic E-state index is 5.86. The Bertz CT molecular complexity index is 323. The van der Waals surface area contributed by atoms with Crippen LogP contribution in [0.2, 0.25) is 0 Å². The third-order valence-electron chi connectivity index (χ3n) is 2.69. The molecule has 0 saturated heterocycles. The molecule has 1 aliphatic rings. The summed E-state index contributed by atoms with van der Waals surface area (Å²) in [6.45, 7) is 0. The maximum atomic E-state index is 5.86. The molecule has 1 fully saturated rings. The Kier molecular flexibility index (Phi) is 3.43. The Labute approximate surface area is 93.9 Å². The Morgan fingerprint density at radius 1 is 1.13 bits per heavy atom. The van der Waals surface area contributed by atoms with E-state index in [0.717, 1.165) is 30.7 Å². The fraction of sp³-hybridized carbons (Fsp3) is 0.600. The lowest BCUT2D eigenvalue weighted by Crippen LogP contribution is -2.27. The minimum atomic E-state index is 0.390. The lowest BCUT2D eigenvalue weighted by Gasteiger charge is -2.25. The van der Waals surface area contributed by atoms with Gasteiger partial charge < -0.3 is 11.5 Å². The average Bonchev–Trinajstić information content (AvgIpc) is 2.25. The minimum Gasteiger partial charge on any atom is -0.381 e. The van der Waals surface area contributed by atoms with Crippen LogP contribution in [0.3, 0.4) is 0 Å². The Hall–Kier alpha value is -0.810. The van der Waals surface area contributed by atoms with Gasteiger partial charge in [-0.2, -0.15) is 0 Å². The van der Waals surface area contributed by atoms with Crippen LogP contribution in [0.15, 0.2) is 17.4 Å². The predicted molar refractivity (Wildman–Crippen MR) is 62.5 cm³/mol. The lowest BCUT2D eigenvalue weighted by atomic mass is 9.96. The normalized spacial score (nSPS) is 26.5. The van der Waals surface area contributed by atoms with E-state index in [1.165, 1.54) is 0 Å². The van der Waals surface area contributed by atoms with Gasteiger partial charge in [0.1, 0.15) is 5.03 Å². The van der Waals surface area contributed by atoms with Gasteiger partial charge in [0.15, 0.2) is 5.82 Å². The smallest absolute Gasteiger partial charge is 0.156 e. The van der Waals surface area contributed by atoms with Crippen LogP contribution in [-0.4, -0.2) is 21.3 Å². The van der Waals surface area contributed by atoms with Gasteiger partial charge in [0.05, 0.1) is 0 Å². The molecule has 1 saturated carbocycles. The van der Waals surface area contributed by atoms with E-state index in [2.05, 4.69) is 9.97 Å². The van der Waals surface area contributed by atoms with Gasteiger partial charge in [-0.15, -0.1) is 0 Å². The zero-order valence-corrected chi connectivity index (χ0v) is 9.41. The number of anilines is 1. The summed E-state index contributed by atoms with van der Waals surface area (Å²) in [7, 11) is 0. The SMILES string of the molecule is Nc1nccnc1SC1CCC(N)CC1. The standard InChI is InChI=1S/C10H16N4S/c11-7-1-3-8(4-2-7)15-10-9(12)13-5-6-14-10/h5-8H,1-4,11H2,(H2,12,13). The van der Waals surface area contributed by atoms with Crippen LogP contribution in [0.5, 0.6) is 0 Å². The van der Waals surface area contributed by atoms with Crippen molar-refractivity contribution in [3.05, 3.63) is 12.4 Å². The topological polar surface area (TPSA) is 77.8 Å². The van der Waals surface area contributed by atoms with E-state index in [4.69, 9.17) is 11.5 Å². The number of hydrogen-bond acceptors (Lipinski definition) is 5.